The van der Waals surface area contributed by atoms with Gasteiger partial charge >= 0.3 is 0 Å². The molecule has 292 valence electrons. The first kappa shape index (κ1) is 38.6. The molecule has 2 aliphatic rings. The van der Waals surface area contributed by atoms with Crippen molar-refractivity contribution >= 4 is 0 Å². The smallest absolute Gasteiger partial charge is 0.163 e. The molecule has 1 aliphatic carbocycles. The van der Waals surface area contributed by atoms with Gasteiger partial charge in [-0.15, -0.1) is 0 Å². The van der Waals surface area contributed by atoms with Gasteiger partial charge in [0.25, 0.3) is 0 Å². The van der Waals surface area contributed by atoms with E-state index in [0.29, 0.717) is 36.2 Å². The standard InChI is InChI=1S/C22H22F2N2O2.C21H20F2N2O3/c1-27-20-10-9-15(13-21(20)28-17-6-2-3-7-17)19-11-12-26(25-19)14-16-5-4-8-18(23)22(16)24;1-26-19-12-27-13-20(19)28-18-8-3-2-6-15(18)17-9-10-25(24-17)11-14-5-4-7-16(22)21(14)23/h4-5,8-13,17H,2-3,6-7,14H2,1H3;2-10,19-20H,11-13H2,1H3/t;19?,20-/m.1/s1. The Morgan fingerprint density at radius 3 is 1.93 bits per heavy atom. The van der Waals surface area contributed by atoms with Gasteiger partial charge in [-0.1, -0.05) is 36.4 Å². The van der Waals surface area contributed by atoms with Crippen molar-refractivity contribution in [2.24, 2.45) is 0 Å². The van der Waals surface area contributed by atoms with Crippen LogP contribution >= 0.6 is 0 Å². The molecule has 0 amide bonds. The molecular weight excluding hydrogens is 728 g/mol. The molecule has 2 aromatic heterocycles. The summed E-state index contributed by atoms with van der Waals surface area (Å²) in [6, 6.07) is 25.2. The molecule has 1 saturated carbocycles. The third-order valence-electron chi connectivity index (χ3n) is 9.79. The highest BCUT2D eigenvalue weighted by Crippen LogP contribution is 2.35. The summed E-state index contributed by atoms with van der Waals surface area (Å²) in [5.74, 6) is -1.34. The minimum absolute atomic E-state index is 0.124. The summed E-state index contributed by atoms with van der Waals surface area (Å²) in [7, 11) is 3.26. The van der Waals surface area contributed by atoms with Crippen LogP contribution in [-0.2, 0) is 22.6 Å². The van der Waals surface area contributed by atoms with Gasteiger partial charge in [-0.3, -0.25) is 9.36 Å². The highest BCUT2D eigenvalue weighted by Gasteiger charge is 2.31. The van der Waals surface area contributed by atoms with Crippen molar-refractivity contribution in [3.8, 4) is 39.8 Å². The molecule has 1 unspecified atom stereocenters. The average Bonchev–Trinajstić information content (AvgIpc) is 4.06. The van der Waals surface area contributed by atoms with E-state index in [1.165, 1.54) is 25.0 Å². The molecule has 8 rings (SSSR count). The van der Waals surface area contributed by atoms with E-state index < -0.39 is 23.3 Å². The SMILES string of the molecule is COC1COC[C@H]1Oc1ccccc1-c1ccn(Cc2cccc(F)c2F)n1.COc1ccc(-c2ccn(Cc3cccc(F)c3F)n2)cc1OC1CCCC1. The van der Waals surface area contributed by atoms with E-state index in [2.05, 4.69) is 10.2 Å². The molecule has 1 saturated heterocycles. The second-order valence-corrected chi connectivity index (χ2v) is 13.6. The van der Waals surface area contributed by atoms with Crippen LogP contribution in [0.3, 0.4) is 0 Å². The van der Waals surface area contributed by atoms with Crippen LogP contribution in [-0.4, -0.2) is 65.3 Å². The Morgan fingerprint density at radius 1 is 0.643 bits per heavy atom. The van der Waals surface area contributed by atoms with Crippen LogP contribution in [0.25, 0.3) is 22.5 Å². The van der Waals surface area contributed by atoms with Crippen molar-refractivity contribution < 1.29 is 41.2 Å². The molecule has 2 atom stereocenters. The molecule has 0 radical (unpaired) electrons. The van der Waals surface area contributed by atoms with Gasteiger partial charge in [0.2, 0.25) is 0 Å². The van der Waals surface area contributed by atoms with E-state index in [1.54, 1.807) is 48.1 Å². The van der Waals surface area contributed by atoms with E-state index in [0.717, 1.165) is 41.8 Å². The zero-order valence-electron chi connectivity index (χ0n) is 31.0. The second-order valence-electron chi connectivity index (χ2n) is 13.6. The van der Waals surface area contributed by atoms with Crippen molar-refractivity contribution in [3.05, 3.63) is 138 Å². The Hall–Kier alpha value is -5.66. The first-order chi connectivity index (χ1) is 27.3. The minimum Gasteiger partial charge on any atom is -0.493 e. The van der Waals surface area contributed by atoms with Crippen LogP contribution in [0.1, 0.15) is 36.8 Å². The van der Waals surface area contributed by atoms with E-state index in [-0.39, 0.29) is 42.5 Å². The maximum Gasteiger partial charge on any atom is 0.163 e. The Balaban J connectivity index is 0.000000172. The zero-order valence-corrected chi connectivity index (χ0v) is 31.0. The van der Waals surface area contributed by atoms with Gasteiger partial charge in [-0.2, -0.15) is 10.2 Å². The summed E-state index contributed by atoms with van der Waals surface area (Å²) in [4.78, 5) is 0. The summed E-state index contributed by atoms with van der Waals surface area (Å²) in [5.41, 5.74) is 3.60. The van der Waals surface area contributed by atoms with E-state index in [9.17, 15) is 17.6 Å². The van der Waals surface area contributed by atoms with Gasteiger partial charge < -0.3 is 23.7 Å². The maximum atomic E-state index is 13.9. The lowest BCUT2D eigenvalue weighted by Crippen LogP contribution is -2.31. The Labute approximate surface area is 322 Å². The van der Waals surface area contributed by atoms with Crippen LogP contribution in [0.5, 0.6) is 17.2 Å². The van der Waals surface area contributed by atoms with Crippen molar-refractivity contribution in [1.29, 1.82) is 0 Å². The van der Waals surface area contributed by atoms with Crippen molar-refractivity contribution in [3.63, 3.8) is 0 Å². The van der Waals surface area contributed by atoms with Crippen molar-refractivity contribution in [1.82, 2.24) is 19.6 Å². The molecule has 9 nitrogen and oxygen atoms in total. The molecule has 0 N–H and O–H groups in total. The number of benzene rings is 4. The predicted octanol–water partition coefficient (Wildman–Crippen LogP) is 8.88. The summed E-state index contributed by atoms with van der Waals surface area (Å²) >= 11 is 0. The zero-order chi connectivity index (χ0) is 39.0. The van der Waals surface area contributed by atoms with Gasteiger partial charge in [0, 0.05) is 41.8 Å². The fourth-order valence-electron chi connectivity index (χ4n) is 6.79. The van der Waals surface area contributed by atoms with E-state index >= 15 is 0 Å². The number of halogens is 4. The van der Waals surface area contributed by atoms with Gasteiger partial charge in [0.1, 0.15) is 11.9 Å². The van der Waals surface area contributed by atoms with Gasteiger partial charge in [0.15, 0.2) is 40.9 Å². The molecule has 0 bridgehead atoms. The van der Waals surface area contributed by atoms with Crippen LogP contribution in [0.15, 0.2) is 103 Å². The first-order valence-corrected chi connectivity index (χ1v) is 18.4. The number of nitrogens with zero attached hydrogens (tertiary/aromatic N) is 4. The van der Waals surface area contributed by atoms with Crippen LogP contribution < -0.4 is 14.2 Å². The fourth-order valence-corrected chi connectivity index (χ4v) is 6.79. The quantitative estimate of drug-likeness (QED) is 0.115. The second kappa shape index (κ2) is 17.9. The number of hydrogen-bond acceptors (Lipinski definition) is 7. The van der Waals surface area contributed by atoms with Gasteiger partial charge in [-0.25, -0.2) is 17.6 Å². The summed E-state index contributed by atoms with van der Waals surface area (Å²) in [6.07, 6.45) is 7.87. The number of ether oxygens (including phenoxy) is 5. The summed E-state index contributed by atoms with van der Waals surface area (Å²) in [6.45, 7) is 1.25. The monoisotopic (exact) mass is 770 g/mol. The van der Waals surface area contributed by atoms with Crippen LogP contribution in [0, 0.1) is 23.3 Å². The molecule has 6 aromatic rings. The normalized spacial score (nSPS) is 16.8. The number of methoxy groups -OCH3 is 2. The molecule has 4 aromatic carbocycles. The van der Waals surface area contributed by atoms with Crippen LogP contribution in [0.4, 0.5) is 17.6 Å². The lowest BCUT2D eigenvalue weighted by Gasteiger charge is -2.19. The van der Waals surface area contributed by atoms with Crippen molar-refractivity contribution in [2.45, 2.75) is 57.1 Å². The number of para-hydroxylation sites is 1. The number of rotatable bonds is 12. The predicted molar refractivity (Wildman–Crippen MR) is 202 cm³/mol. The first-order valence-electron chi connectivity index (χ1n) is 18.4. The molecule has 13 heteroatoms. The molecule has 3 heterocycles. The number of hydrogen-bond donors (Lipinski definition) is 0. The van der Waals surface area contributed by atoms with Crippen molar-refractivity contribution in [2.75, 3.05) is 27.4 Å². The molecule has 0 spiro atoms. The fraction of sp³-hybridized carbons (Fsp3) is 0.302. The average molecular weight is 771 g/mol. The third kappa shape index (κ3) is 9.06. The van der Waals surface area contributed by atoms with E-state index in [4.69, 9.17) is 23.7 Å². The van der Waals surface area contributed by atoms with E-state index in [1.807, 2.05) is 54.6 Å². The summed E-state index contributed by atoms with van der Waals surface area (Å²) in [5, 5.41) is 9.01. The van der Waals surface area contributed by atoms with Gasteiger partial charge in [-0.05, 0) is 80.3 Å². The Morgan fingerprint density at radius 2 is 1.27 bits per heavy atom. The number of aromatic nitrogens is 4. The maximum absolute atomic E-state index is 13.9. The minimum atomic E-state index is -0.866. The topological polar surface area (TPSA) is 81.8 Å². The molecule has 56 heavy (non-hydrogen) atoms. The lowest BCUT2D eigenvalue weighted by atomic mass is 10.1. The largest absolute Gasteiger partial charge is 0.493 e. The summed E-state index contributed by atoms with van der Waals surface area (Å²) < 4.78 is 86.3. The third-order valence-corrected chi connectivity index (χ3v) is 9.79. The Kier molecular flexibility index (Phi) is 12.3. The molecular formula is C43H42F4N4O5. The van der Waals surface area contributed by atoms with Crippen LogP contribution in [0.2, 0.25) is 0 Å². The van der Waals surface area contributed by atoms with Gasteiger partial charge in [0.05, 0.1) is 50.9 Å². The highest BCUT2D eigenvalue weighted by atomic mass is 19.2. The highest BCUT2D eigenvalue weighted by molar-refractivity contribution is 5.67. The Bertz CT molecular complexity index is 2240. The molecule has 1 aliphatic heterocycles. The molecule has 2 fully saturated rings. The lowest BCUT2D eigenvalue weighted by molar-refractivity contribution is 0.0328.